The van der Waals surface area contributed by atoms with E-state index in [1.807, 2.05) is 70.2 Å². The van der Waals surface area contributed by atoms with Crippen LogP contribution >= 0.6 is 15.9 Å². The summed E-state index contributed by atoms with van der Waals surface area (Å²) in [5.41, 5.74) is 4.02. The lowest BCUT2D eigenvalue weighted by Crippen LogP contribution is -1.92. The van der Waals surface area contributed by atoms with Crippen LogP contribution < -0.4 is 0 Å². The van der Waals surface area contributed by atoms with Crippen molar-refractivity contribution in [2.75, 3.05) is 0 Å². The lowest BCUT2D eigenvalue weighted by molar-refractivity contribution is 1.05. The van der Waals surface area contributed by atoms with E-state index in [1.54, 1.807) is 25.0 Å². The summed E-state index contributed by atoms with van der Waals surface area (Å²) >= 11 is 3.61. The molecule has 0 bridgehead atoms. The highest BCUT2D eigenvalue weighted by atomic mass is 79.9. The molecule has 0 saturated heterocycles. The van der Waals surface area contributed by atoms with Gasteiger partial charge in [-0.3, -0.25) is 4.99 Å². The Bertz CT molecular complexity index is 987. The predicted octanol–water partition coefficient (Wildman–Crippen LogP) is 4.57. The predicted molar refractivity (Wildman–Crippen MR) is 102 cm³/mol. The van der Waals surface area contributed by atoms with Crippen LogP contribution in [-0.2, 0) is 0 Å². The van der Waals surface area contributed by atoms with Gasteiger partial charge in [0.25, 0.3) is 0 Å². The first-order chi connectivity index (χ1) is 12.3. The number of hydrogen-bond acceptors (Lipinski definition) is 3. The number of aliphatic imine (C=N–C) groups is 1. The van der Waals surface area contributed by atoms with E-state index in [9.17, 15) is 0 Å². The van der Waals surface area contributed by atoms with Crippen molar-refractivity contribution in [3.63, 3.8) is 0 Å². The molecule has 5 nitrogen and oxygen atoms in total. The van der Waals surface area contributed by atoms with E-state index in [1.165, 1.54) is 0 Å². The normalized spacial score (nSPS) is 11.2. The van der Waals surface area contributed by atoms with E-state index in [2.05, 4.69) is 30.9 Å². The minimum absolute atomic E-state index is 0.902. The molecule has 6 heteroatoms. The van der Waals surface area contributed by atoms with Gasteiger partial charge in [0.15, 0.2) is 0 Å². The third kappa shape index (κ3) is 3.44. The van der Waals surface area contributed by atoms with Gasteiger partial charge in [0.05, 0.1) is 24.0 Å². The first-order valence-corrected chi connectivity index (χ1v) is 8.49. The molecule has 0 amide bonds. The molecule has 25 heavy (non-hydrogen) atoms. The molecule has 2 aromatic heterocycles. The summed E-state index contributed by atoms with van der Waals surface area (Å²) in [7, 11) is 0. The van der Waals surface area contributed by atoms with Crippen molar-refractivity contribution in [1.29, 1.82) is 0 Å². The van der Waals surface area contributed by atoms with Crippen LogP contribution in [-0.4, -0.2) is 25.3 Å². The van der Waals surface area contributed by atoms with Crippen LogP contribution in [0.3, 0.4) is 0 Å². The van der Waals surface area contributed by atoms with Gasteiger partial charge in [-0.2, -0.15) is 0 Å². The van der Waals surface area contributed by atoms with Gasteiger partial charge in [-0.05, 0) is 57.9 Å². The average Bonchev–Trinajstić information content (AvgIpc) is 3.34. The number of hydrogen-bond donors (Lipinski definition) is 0. The summed E-state index contributed by atoms with van der Waals surface area (Å²) in [5.74, 6) is 0. The molecular formula is C19H14BrN5. The van der Waals surface area contributed by atoms with Gasteiger partial charge < -0.3 is 9.13 Å². The Morgan fingerprint density at radius 1 is 0.880 bits per heavy atom. The first-order valence-electron chi connectivity index (χ1n) is 7.70. The third-order valence-corrected chi connectivity index (χ3v) is 4.40. The minimum Gasteiger partial charge on any atom is -0.306 e. The largest absolute Gasteiger partial charge is 0.306 e. The van der Waals surface area contributed by atoms with E-state index >= 15 is 0 Å². The molecule has 0 aliphatic rings. The molecule has 0 radical (unpaired) electrons. The summed E-state index contributed by atoms with van der Waals surface area (Å²) in [6.07, 6.45) is 12.8. The quantitative estimate of drug-likeness (QED) is 0.478. The highest BCUT2D eigenvalue weighted by Gasteiger charge is 2.02. The summed E-state index contributed by atoms with van der Waals surface area (Å²) in [5, 5.41) is 0. The van der Waals surface area contributed by atoms with Gasteiger partial charge in [0.2, 0.25) is 0 Å². The van der Waals surface area contributed by atoms with Crippen LogP contribution in [0.25, 0.3) is 11.4 Å². The van der Waals surface area contributed by atoms with Gasteiger partial charge in [0, 0.05) is 41.2 Å². The standard InChI is InChI=1S/C19H14BrN5/c20-18-11-15(1-6-19(18)25-10-8-22-14-25)12-23-16-2-4-17(5-3-16)24-9-7-21-13-24/h1-14H/b23-12+. The second kappa shape index (κ2) is 6.86. The zero-order chi connectivity index (χ0) is 17.1. The zero-order valence-corrected chi connectivity index (χ0v) is 14.8. The van der Waals surface area contributed by atoms with Gasteiger partial charge in [0.1, 0.15) is 0 Å². The molecule has 0 aliphatic carbocycles. The van der Waals surface area contributed by atoms with Crippen molar-refractivity contribution in [1.82, 2.24) is 19.1 Å². The van der Waals surface area contributed by atoms with Crippen molar-refractivity contribution in [3.05, 3.63) is 89.9 Å². The van der Waals surface area contributed by atoms with E-state index in [0.29, 0.717) is 0 Å². The topological polar surface area (TPSA) is 48.0 Å². The number of nitrogens with zero attached hydrogens (tertiary/aromatic N) is 5. The molecule has 0 unspecified atom stereocenters. The van der Waals surface area contributed by atoms with Crippen molar-refractivity contribution in [2.24, 2.45) is 4.99 Å². The number of benzene rings is 2. The Morgan fingerprint density at radius 3 is 2.24 bits per heavy atom. The van der Waals surface area contributed by atoms with Gasteiger partial charge >= 0.3 is 0 Å². The Hall–Kier alpha value is -2.99. The van der Waals surface area contributed by atoms with Crippen LogP contribution in [0.4, 0.5) is 5.69 Å². The van der Waals surface area contributed by atoms with Gasteiger partial charge in [-0.1, -0.05) is 6.07 Å². The summed E-state index contributed by atoms with van der Waals surface area (Å²) in [6.45, 7) is 0. The molecular weight excluding hydrogens is 378 g/mol. The Morgan fingerprint density at radius 2 is 1.60 bits per heavy atom. The van der Waals surface area contributed by atoms with Crippen molar-refractivity contribution in [2.45, 2.75) is 0 Å². The van der Waals surface area contributed by atoms with E-state index < -0.39 is 0 Å². The van der Waals surface area contributed by atoms with Crippen LogP contribution in [0, 0.1) is 0 Å². The molecule has 0 N–H and O–H groups in total. The maximum Gasteiger partial charge on any atom is 0.0992 e. The minimum atomic E-state index is 0.902. The number of aromatic nitrogens is 4. The summed E-state index contributed by atoms with van der Waals surface area (Å²) < 4.78 is 4.91. The molecule has 0 spiro atoms. The van der Waals surface area contributed by atoms with Gasteiger partial charge in [-0.15, -0.1) is 0 Å². The molecule has 0 aliphatic heterocycles. The lowest BCUT2D eigenvalue weighted by Gasteiger charge is -2.06. The summed E-state index contributed by atoms with van der Waals surface area (Å²) in [6, 6.07) is 14.1. The van der Waals surface area contributed by atoms with Crippen LogP contribution in [0.2, 0.25) is 0 Å². The van der Waals surface area contributed by atoms with Crippen molar-refractivity contribution >= 4 is 27.8 Å². The number of halogens is 1. The Balaban J connectivity index is 1.53. The molecule has 0 atom stereocenters. The fourth-order valence-electron chi connectivity index (χ4n) is 2.49. The average molecular weight is 392 g/mol. The van der Waals surface area contributed by atoms with E-state index in [4.69, 9.17) is 0 Å². The van der Waals surface area contributed by atoms with Gasteiger partial charge in [-0.25, -0.2) is 9.97 Å². The maximum absolute atomic E-state index is 4.54. The SMILES string of the molecule is Brc1cc(/C=N/c2ccc(-n3ccnc3)cc2)ccc1-n1ccnc1. The van der Waals surface area contributed by atoms with E-state index in [0.717, 1.165) is 27.1 Å². The van der Waals surface area contributed by atoms with E-state index in [-0.39, 0.29) is 0 Å². The second-order valence-corrected chi connectivity index (χ2v) is 6.28. The molecule has 2 heterocycles. The van der Waals surface area contributed by atoms with Crippen molar-refractivity contribution in [3.8, 4) is 11.4 Å². The molecule has 4 rings (SSSR count). The molecule has 122 valence electrons. The number of rotatable bonds is 4. The van der Waals surface area contributed by atoms with Crippen LogP contribution in [0.1, 0.15) is 5.56 Å². The fourth-order valence-corrected chi connectivity index (χ4v) is 3.09. The van der Waals surface area contributed by atoms with Crippen LogP contribution in [0.5, 0.6) is 0 Å². The third-order valence-electron chi connectivity index (χ3n) is 3.77. The molecule has 0 fully saturated rings. The summed E-state index contributed by atoms with van der Waals surface area (Å²) in [4.78, 5) is 12.7. The highest BCUT2D eigenvalue weighted by Crippen LogP contribution is 2.22. The smallest absolute Gasteiger partial charge is 0.0992 e. The monoisotopic (exact) mass is 391 g/mol. The molecule has 2 aromatic carbocycles. The first kappa shape index (κ1) is 15.5. The Kier molecular flexibility index (Phi) is 4.26. The molecule has 0 saturated carbocycles. The number of imidazole rings is 2. The maximum atomic E-state index is 4.54. The molecule has 4 aromatic rings. The zero-order valence-electron chi connectivity index (χ0n) is 13.2. The second-order valence-electron chi connectivity index (χ2n) is 5.43. The Labute approximate surface area is 153 Å². The fraction of sp³-hybridized carbons (Fsp3) is 0. The highest BCUT2D eigenvalue weighted by molar-refractivity contribution is 9.10. The van der Waals surface area contributed by atoms with Crippen LogP contribution in [0.15, 0.2) is 89.4 Å². The lowest BCUT2D eigenvalue weighted by atomic mass is 10.2. The van der Waals surface area contributed by atoms with Crippen molar-refractivity contribution < 1.29 is 0 Å².